The molecule has 0 fully saturated rings. The number of halogens is 1. The third-order valence-corrected chi connectivity index (χ3v) is 9.26. The average Bonchev–Trinajstić information content (AvgIpc) is 2.98. The summed E-state index contributed by atoms with van der Waals surface area (Å²) in [6, 6.07) is 9.71. The Balaban J connectivity index is 0.922. The number of aromatic nitrogens is 1. The van der Waals surface area contributed by atoms with Crippen molar-refractivity contribution in [3.8, 4) is 17.2 Å². The van der Waals surface area contributed by atoms with E-state index in [1.807, 2.05) is 18.2 Å². The van der Waals surface area contributed by atoms with Crippen LogP contribution in [0.15, 0.2) is 30.3 Å². The van der Waals surface area contributed by atoms with Crippen LogP contribution in [0.3, 0.4) is 0 Å². The van der Waals surface area contributed by atoms with E-state index in [9.17, 15) is 5.11 Å². The summed E-state index contributed by atoms with van der Waals surface area (Å²) in [5.74, 6) is 1.49. The minimum Gasteiger partial charge on any atom is -0.504 e. The number of methoxy groups -OCH3 is 1. The van der Waals surface area contributed by atoms with Crippen molar-refractivity contribution in [2.75, 3.05) is 32.1 Å². The van der Waals surface area contributed by atoms with Crippen molar-refractivity contribution < 1.29 is 14.6 Å². The number of aromatic hydroxyl groups is 1. The quantitative estimate of drug-likeness (QED) is 0.154. The molecule has 0 saturated carbocycles. The molecule has 5 rings (SSSR count). The highest BCUT2D eigenvalue weighted by Gasteiger charge is 2.32. The Kier molecular flexibility index (Phi) is 10.7. The lowest BCUT2D eigenvalue weighted by Gasteiger charge is -2.36. The number of nitrogens with one attached hydrogen (secondary N) is 2. The molecule has 6 nitrogen and oxygen atoms in total. The van der Waals surface area contributed by atoms with Crippen LogP contribution >= 0.6 is 11.6 Å². The number of phenols is 1. The van der Waals surface area contributed by atoms with Crippen LogP contribution in [-0.2, 0) is 19.3 Å². The second-order valence-corrected chi connectivity index (χ2v) is 12.8. The predicted octanol–water partition coefficient (Wildman–Crippen LogP) is 8.39. The van der Waals surface area contributed by atoms with E-state index in [0.29, 0.717) is 5.75 Å². The molecule has 2 aliphatic rings. The van der Waals surface area contributed by atoms with Crippen molar-refractivity contribution in [1.82, 2.24) is 10.3 Å². The smallest absolute Gasteiger partial charge is 0.164 e. The topological polar surface area (TPSA) is 75.6 Å². The van der Waals surface area contributed by atoms with Crippen molar-refractivity contribution in [3.63, 3.8) is 0 Å². The molecular weight excluding hydrogens is 546 g/mol. The van der Waals surface area contributed by atoms with E-state index in [-0.39, 0.29) is 11.4 Å². The Bertz CT molecular complexity index is 1350. The summed E-state index contributed by atoms with van der Waals surface area (Å²) < 4.78 is 11.6. The number of unbranched alkanes of at least 4 members (excludes halogenated alkanes) is 6. The van der Waals surface area contributed by atoms with Gasteiger partial charge >= 0.3 is 0 Å². The van der Waals surface area contributed by atoms with Gasteiger partial charge in [-0.15, -0.1) is 0 Å². The van der Waals surface area contributed by atoms with Gasteiger partial charge in [-0.3, -0.25) is 4.98 Å². The molecule has 1 atom stereocenters. The van der Waals surface area contributed by atoms with Gasteiger partial charge in [-0.05, 0) is 113 Å². The first-order chi connectivity index (χ1) is 20.5. The molecule has 0 bridgehead atoms. The van der Waals surface area contributed by atoms with Gasteiger partial charge in [0.05, 0.1) is 12.6 Å². The third kappa shape index (κ3) is 7.82. The SMILES string of the molecule is COc1cc2c(cc1O)CCC(C)(CCNCCCCCCCCCNc1c3c(nc4cc(Cl)ccc14)CCCC3)O2. The summed E-state index contributed by atoms with van der Waals surface area (Å²) >= 11 is 6.27. The normalized spacial score (nSPS) is 17.9. The van der Waals surface area contributed by atoms with Crippen LogP contribution in [0, 0.1) is 0 Å². The van der Waals surface area contributed by atoms with Crippen LogP contribution in [0.1, 0.15) is 94.4 Å². The minimum atomic E-state index is -0.186. The predicted molar refractivity (Wildman–Crippen MR) is 174 cm³/mol. The van der Waals surface area contributed by atoms with Crippen LogP contribution in [0.25, 0.3) is 10.9 Å². The molecule has 1 aliphatic heterocycles. The van der Waals surface area contributed by atoms with Gasteiger partial charge < -0.3 is 25.2 Å². The molecular formula is C35H48ClN3O3. The number of phenolic OH excluding ortho intramolecular Hbond substituents is 1. The third-order valence-electron chi connectivity index (χ3n) is 9.03. The highest BCUT2D eigenvalue weighted by Crippen LogP contribution is 2.41. The molecule has 42 heavy (non-hydrogen) atoms. The maximum Gasteiger partial charge on any atom is 0.164 e. The van der Waals surface area contributed by atoms with Crippen molar-refractivity contribution in [2.24, 2.45) is 0 Å². The Hall–Kier alpha value is -2.70. The average molecular weight is 594 g/mol. The fourth-order valence-corrected chi connectivity index (χ4v) is 6.66. The van der Waals surface area contributed by atoms with E-state index in [0.717, 1.165) is 73.6 Å². The number of benzene rings is 2. The van der Waals surface area contributed by atoms with Crippen molar-refractivity contribution >= 4 is 28.2 Å². The van der Waals surface area contributed by atoms with E-state index in [1.165, 1.54) is 80.1 Å². The lowest BCUT2D eigenvalue weighted by atomic mass is 9.89. The fraction of sp³-hybridized carbons (Fsp3) is 0.571. The van der Waals surface area contributed by atoms with Crippen LogP contribution in [0.2, 0.25) is 5.02 Å². The molecule has 3 aromatic rings. The summed E-state index contributed by atoms with van der Waals surface area (Å²) in [6.45, 7) is 5.22. The van der Waals surface area contributed by atoms with E-state index in [2.05, 4.69) is 23.6 Å². The molecule has 228 valence electrons. The number of pyridine rings is 1. The van der Waals surface area contributed by atoms with Gasteiger partial charge in [0.1, 0.15) is 11.4 Å². The molecule has 0 spiro atoms. The van der Waals surface area contributed by atoms with Crippen LogP contribution < -0.4 is 20.1 Å². The second-order valence-electron chi connectivity index (χ2n) is 12.4. The second kappa shape index (κ2) is 14.7. The van der Waals surface area contributed by atoms with Gasteiger partial charge in [-0.1, -0.05) is 43.7 Å². The van der Waals surface area contributed by atoms with Gasteiger partial charge in [-0.25, -0.2) is 0 Å². The minimum absolute atomic E-state index is 0.182. The zero-order valence-electron chi connectivity index (χ0n) is 25.5. The summed E-state index contributed by atoms with van der Waals surface area (Å²) in [6.07, 6.45) is 16.4. The van der Waals surface area contributed by atoms with Crippen molar-refractivity contribution in [3.05, 3.63) is 52.2 Å². The van der Waals surface area contributed by atoms with Gasteiger partial charge in [0.15, 0.2) is 11.5 Å². The number of hydrogen-bond acceptors (Lipinski definition) is 6. The largest absolute Gasteiger partial charge is 0.504 e. The molecule has 1 aromatic heterocycles. The Morgan fingerprint density at radius 1 is 0.952 bits per heavy atom. The van der Waals surface area contributed by atoms with Crippen molar-refractivity contribution in [2.45, 2.75) is 102 Å². The Morgan fingerprint density at radius 3 is 2.52 bits per heavy atom. The van der Waals surface area contributed by atoms with Gasteiger partial charge in [0.2, 0.25) is 0 Å². The van der Waals surface area contributed by atoms with E-state index >= 15 is 0 Å². The molecule has 1 aliphatic carbocycles. The molecule has 2 heterocycles. The molecule has 0 saturated heterocycles. The number of rotatable bonds is 15. The standard InChI is InChI=1S/C35H48ClN3O3/c1-35(17-16-25-22-31(40)33(41-2)24-32(25)42-35)18-21-37-19-10-6-4-3-5-7-11-20-38-34-27-12-8-9-13-29(27)39-30-23-26(36)14-15-28(30)34/h14-15,22-24,37,40H,3-13,16-21H2,1-2H3,(H,38,39). The first-order valence-corrected chi connectivity index (χ1v) is 16.5. The summed E-state index contributed by atoms with van der Waals surface area (Å²) in [5.41, 5.74) is 5.88. The lowest BCUT2D eigenvalue weighted by Crippen LogP contribution is -2.39. The monoisotopic (exact) mass is 593 g/mol. The maximum absolute atomic E-state index is 10.0. The zero-order chi connectivity index (χ0) is 29.4. The van der Waals surface area contributed by atoms with Gasteiger partial charge in [0.25, 0.3) is 0 Å². The highest BCUT2D eigenvalue weighted by atomic mass is 35.5. The summed E-state index contributed by atoms with van der Waals surface area (Å²) in [5, 5.41) is 19.4. The first-order valence-electron chi connectivity index (χ1n) is 16.1. The summed E-state index contributed by atoms with van der Waals surface area (Å²) in [4.78, 5) is 4.94. The molecule has 1 unspecified atom stereocenters. The first kappa shape index (κ1) is 30.7. The number of nitrogens with zero attached hydrogens (tertiary/aromatic N) is 1. The maximum atomic E-state index is 10.0. The lowest BCUT2D eigenvalue weighted by molar-refractivity contribution is 0.0560. The molecule has 0 amide bonds. The molecule has 7 heteroatoms. The van der Waals surface area contributed by atoms with E-state index in [1.54, 1.807) is 13.2 Å². The highest BCUT2D eigenvalue weighted by molar-refractivity contribution is 6.31. The zero-order valence-corrected chi connectivity index (χ0v) is 26.3. The van der Waals surface area contributed by atoms with E-state index in [4.69, 9.17) is 26.1 Å². The number of hydrogen-bond donors (Lipinski definition) is 3. The number of anilines is 1. The van der Waals surface area contributed by atoms with Crippen LogP contribution in [0.4, 0.5) is 5.69 Å². The fourth-order valence-electron chi connectivity index (χ4n) is 6.49. The molecule has 3 N–H and O–H groups in total. The molecule has 2 aromatic carbocycles. The number of aryl methyl sites for hydroxylation is 2. The van der Waals surface area contributed by atoms with Crippen LogP contribution in [-0.4, -0.2) is 42.4 Å². The van der Waals surface area contributed by atoms with Gasteiger partial charge in [0, 0.05) is 34.4 Å². The van der Waals surface area contributed by atoms with Crippen molar-refractivity contribution in [1.29, 1.82) is 0 Å². The Labute approximate surface area is 256 Å². The van der Waals surface area contributed by atoms with E-state index < -0.39 is 0 Å². The number of fused-ring (bicyclic) bond motifs is 3. The number of ether oxygens (including phenoxy) is 2. The molecule has 0 radical (unpaired) electrons. The van der Waals surface area contributed by atoms with Crippen LogP contribution in [0.5, 0.6) is 17.2 Å². The van der Waals surface area contributed by atoms with Gasteiger partial charge in [-0.2, -0.15) is 0 Å². The Morgan fingerprint density at radius 2 is 1.71 bits per heavy atom. The summed E-state index contributed by atoms with van der Waals surface area (Å²) in [7, 11) is 1.57.